The number of nitrogens with one attached hydrogen (secondary N) is 1. The number of fused-ring (bicyclic) bond motifs is 1. The van der Waals surface area contributed by atoms with Crippen LogP contribution < -0.4 is 10.1 Å². The van der Waals surface area contributed by atoms with Crippen molar-refractivity contribution in [3.05, 3.63) is 71.5 Å². The molecule has 32 heavy (non-hydrogen) atoms. The Labute approximate surface area is 183 Å². The molecule has 1 amide bonds. The topological polar surface area (TPSA) is 115 Å². The molecule has 2 aromatic heterocycles. The molecule has 3 heterocycles. The number of phenolic OH excluding ortho intramolecular Hbond substituents is 1. The molecule has 5 rings (SSSR count). The third-order valence-corrected chi connectivity index (χ3v) is 5.48. The standard InChI is InChI=1S/C23H20N6O3/c1-13-21-18(14-5-3-7-16(30)9-14)11-20(31)26-22(21)29(28-13)23-25-19(12-24-27-23)15-6-4-8-17(10-15)32-2/h3-10,12,18,30H,11H2,1-2H3,(H,26,31). The number of hydrogen-bond donors (Lipinski definition) is 2. The van der Waals surface area contributed by atoms with E-state index < -0.39 is 0 Å². The van der Waals surface area contributed by atoms with Crippen molar-refractivity contribution in [1.82, 2.24) is 25.0 Å². The molecule has 9 heteroatoms. The first-order valence-electron chi connectivity index (χ1n) is 10.1. The maximum Gasteiger partial charge on any atom is 0.272 e. The predicted octanol–water partition coefficient (Wildman–Crippen LogP) is 3.22. The highest BCUT2D eigenvalue weighted by molar-refractivity contribution is 5.95. The van der Waals surface area contributed by atoms with Crippen molar-refractivity contribution in [2.45, 2.75) is 19.3 Å². The van der Waals surface area contributed by atoms with E-state index >= 15 is 0 Å². The van der Waals surface area contributed by atoms with E-state index in [-0.39, 0.29) is 29.9 Å². The van der Waals surface area contributed by atoms with Gasteiger partial charge in [-0.3, -0.25) is 4.79 Å². The second-order valence-corrected chi connectivity index (χ2v) is 7.53. The normalized spacial score (nSPS) is 15.2. The van der Waals surface area contributed by atoms with Crippen molar-refractivity contribution in [1.29, 1.82) is 0 Å². The number of benzene rings is 2. The van der Waals surface area contributed by atoms with Crippen molar-refractivity contribution in [2.75, 3.05) is 12.4 Å². The average molecular weight is 428 g/mol. The summed E-state index contributed by atoms with van der Waals surface area (Å²) in [7, 11) is 1.60. The van der Waals surface area contributed by atoms with E-state index in [0.29, 0.717) is 17.3 Å². The Balaban J connectivity index is 1.61. The summed E-state index contributed by atoms with van der Waals surface area (Å²) in [6.07, 6.45) is 1.82. The van der Waals surface area contributed by atoms with Gasteiger partial charge in [0.1, 0.15) is 17.3 Å². The van der Waals surface area contributed by atoms with Gasteiger partial charge < -0.3 is 15.2 Å². The first-order chi connectivity index (χ1) is 15.5. The number of ether oxygens (including phenoxy) is 1. The fourth-order valence-corrected chi connectivity index (χ4v) is 4.02. The number of aryl methyl sites for hydroxylation is 1. The summed E-state index contributed by atoms with van der Waals surface area (Å²) in [5.41, 5.74) is 3.87. The Hall–Kier alpha value is -4.27. The Kier molecular flexibility index (Phi) is 4.78. The molecule has 4 aromatic rings. The number of rotatable bonds is 4. The van der Waals surface area contributed by atoms with Gasteiger partial charge >= 0.3 is 0 Å². The van der Waals surface area contributed by atoms with Crippen LogP contribution in [0.3, 0.4) is 0 Å². The number of amides is 1. The first-order valence-corrected chi connectivity index (χ1v) is 10.1. The SMILES string of the molecule is COc1cccc(-c2cnnc(-n3nc(C)c4c3NC(=O)CC4c3cccc(O)c3)n2)c1. The fraction of sp³-hybridized carbons (Fsp3) is 0.174. The van der Waals surface area contributed by atoms with Crippen molar-refractivity contribution >= 4 is 11.7 Å². The van der Waals surface area contributed by atoms with Gasteiger partial charge in [-0.2, -0.15) is 14.9 Å². The molecule has 9 nitrogen and oxygen atoms in total. The molecule has 0 radical (unpaired) electrons. The summed E-state index contributed by atoms with van der Waals surface area (Å²) in [6.45, 7) is 1.88. The van der Waals surface area contributed by atoms with Gasteiger partial charge in [-0.15, -0.1) is 5.10 Å². The number of phenols is 1. The molecule has 0 spiro atoms. The molecule has 1 atom stereocenters. The van der Waals surface area contributed by atoms with Crippen LogP contribution in [0.4, 0.5) is 5.82 Å². The summed E-state index contributed by atoms with van der Waals surface area (Å²) in [4.78, 5) is 17.2. The van der Waals surface area contributed by atoms with E-state index in [0.717, 1.165) is 22.4 Å². The Bertz CT molecular complexity index is 1330. The van der Waals surface area contributed by atoms with E-state index in [1.165, 1.54) is 4.68 Å². The van der Waals surface area contributed by atoms with E-state index in [1.807, 2.05) is 37.3 Å². The average Bonchev–Trinajstić information content (AvgIpc) is 3.14. The Morgan fingerprint density at radius 3 is 2.84 bits per heavy atom. The number of hydrogen-bond acceptors (Lipinski definition) is 7. The number of carbonyl (C=O) groups excluding carboxylic acids is 1. The van der Waals surface area contributed by atoms with Gasteiger partial charge in [0, 0.05) is 23.5 Å². The number of carbonyl (C=O) groups is 1. The lowest BCUT2D eigenvalue weighted by molar-refractivity contribution is -0.116. The van der Waals surface area contributed by atoms with E-state index in [1.54, 1.807) is 31.5 Å². The van der Waals surface area contributed by atoms with Crippen LogP contribution in [0.5, 0.6) is 11.5 Å². The van der Waals surface area contributed by atoms with Gasteiger partial charge in [-0.1, -0.05) is 24.3 Å². The van der Waals surface area contributed by atoms with Crippen molar-refractivity contribution in [3.63, 3.8) is 0 Å². The van der Waals surface area contributed by atoms with Crippen molar-refractivity contribution in [3.8, 4) is 28.7 Å². The highest BCUT2D eigenvalue weighted by atomic mass is 16.5. The van der Waals surface area contributed by atoms with Gasteiger partial charge in [-0.05, 0) is 36.8 Å². The van der Waals surface area contributed by atoms with Crippen LogP contribution in [0.2, 0.25) is 0 Å². The minimum absolute atomic E-state index is 0.149. The van der Waals surface area contributed by atoms with Gasteiger partial charge in [0.15, 0.2) is 0 Å². The van der Waals surface area contributed by atoms with Crippen LogP contribution in [0.15, 0.2) is 54.7 Å². The monoisotopic (exact) mass is 428 g/mol. The number of aromatic nitrogens is 5. The molecule has 0 fully saturated rings. The molecule has 0 saturated carbocycles. The van der Waals surface area contributed by atoms with Gasteiger partial charge in [0.05, 0.1) is 24.7 Å². The smallest absolute Gasteiger partial charge is 0.272 e. The molecule has 1 aliphatic rings. The van der Waals surface area contributed by atoms with Crippen LogP contribution in [0.25, 0.3) is 17.2 Å². The maximum atomic E-state index is 12.6. The van der Waals surface area contributed by atoms with Gasteiger partial charge in [0.2, 0.25) is 5.91 Å². The van der Waals surface area contributed by atoms with Crippen LogP contribution in [0.1, 0.15) is 29.2 Å². The minimum atomic E-state index is -0.242. The van der Waals surface area contributed by atoms with Crippen LogP contribution in [-0.4, -0.2) is 43.1 Å². The second-order valence-electron chi connectivity index (χ2n) is 7.53. The van der Waals surface area contributed by atoms with E-state index in [4.69, 9.17) is 4.74 Å². The molecule has 0 bridgehead atoms. The highest BCUT2D eigenvalue weighted by Crippen LogP contribution is 2.40. The third kappa shape index (κ3) is 3.43. The predicted molar refractivity (Wildman–Crippen MR) is 117 cm³/mol. The van der Waals surface area contributed by atoms with Crippen molar-refractivity contribution in [2.24, 2.45) is 0 Å². The number of nitrogens with zero attached hydrogens (tertiary/aromatic N) is 5. The molecule has 160 valence electrons. The second kappa shape index (κ2) is 7.77. The molecule has 0 aliphatic carbocycles. The quantitative estimate of drug-likeness (QED) is 0.513. The summed E-state index contributed by atoms with van der Waals surface area (Å²) < 4.78 is 6.80. The minimum Gasteiger partial charge on any atom is -0.508 e. The molecule has 0 saturated heterocycles. The lowest BCUT2D eigenvalue weighted by Gasteiger charge is -2.24. The van der Waals surface area contributed by atoms with Crippen LogP contribution >= 0.6 is 0 Å². The van der Waals surface area contributed by atoms with Gasteiger partial charge in [0.25, 0.3) is 5.95 Å². The van der Waals surface area contributed by atoms with E-state index in [9.17, 15) is 9.90 Å². The molecular formula is C23H20N6O3. The zero-order chi connectivity index (χ0) is 22.2. The molecule has 1 aliphatic heterocycles. The zero-order valence-electron chi connectivity index (χ0n) is 17.5. The van der Waals surface area contributed by atoms with Crippen molar-refractivity contribution < 1.29 is 14.6 Å². The largest absolute Gasteiger partial charge is 0.508 e. The lowest BCUT2D eigenvalue weighted by atomic mass is 9.86. The molecule has 1 unspecified atom stereocenters. The Morgan fingerprint density at radius 1 is 1.19 bits per heavy atom. The summed E-state index contributed by atoms with van der Waals surface area (Å²) in [5.74, 6) is 1.22. The molecule has 2 aromatic carbocycles. The number of anilines is 1. The number of methoxy groups -OCH3 is 1. The highest BCUT2D eigenvalue weighted by Gasteiger charge is 2.33. The molecule has 2 N–H and O–H groups in total. The maximum absolute atomic E-state index is 12.6. The summed E-state index contributed by atoms with van der Waals surface area (Å²) in [6, 6.07) is 14.4. The lowest BCUT2D eigenvalue weighted by Crippen LogP contribution is -2.25. The van der Waals surface area contributed by atoms with E-state index in [2.05, 4.69) is 25.6 Å². The van der Waals surface area contributed by atoms with Gasteiger partial charge in [-0.25, -0.2) is 4.98 Å². The molecular weight excluding hydrogens is 408 g/mol. The number of aromatic hydroxyl groups is 1. The Morgan fingerprint density at radius 2 is 2.03 bits per heavy atom. The summed E-state index contributed by atoms with van der Waals surface area (Å²) in [5, 5.41) is 25.7. The summed E-state index contributed by atoms with van der Waals surface area (Å²) >= 11 is 0. The van der Waals surface area contributed by atoms with Crippen LogP contribution in [-0.2, 0) is 4.79 Å². The fourth-order valence-electron chi connectivity index (χ4n) is 4.02. The first kappa shape index (κ1) is 19.7. The zero-order valence-corrected chi connectivity index (χ0v) is 17.5. The third-order valence-electron chi connectivity index (χ3n) is 5.48. The van der Waals surface area contributed by atoms with Crippen LogP contribution in [0, 0.1) is 6.92 Å².